The molecule has 0 unspecified atom stereocenters. The van der Waals surface area contributed by atoms with E-state index in [4.69, 9.17) is 4.74 Å². The van der Waals surface area contributed by atoms with Crippen molar-refractivity contribution in [2.75, 3.05) is 19.6 Å². The van der Waals surface area contributed by atoms with Gasteiger partial charge < -0.3 is 14.2 Å². The number of ether oxygens (including phenoxy) is 1. The van der Waals surface area contributed by atoms with E-state index in [1.54, 1.807) is 12.4 Å². The zero-order valence-corrected chi connectivity index (χ0v) is 12.8. The zero-order valence-electron chi connectivity index (χ0n) is 12.8. The summed E-state index contributed by atoms with van der Waals surface area (Å²) in [5.74, 6) is 1.32. The van der Waals surface area contributed by atoms with Crippen molar-refractivity contribution in [2.45, 2.75) is 32.4 Å². The van der Waals surface area contributed by atoms with Crippen LogP contribution in [0.2, 0.25) is 0 Å². The van der Waals surface area contributed by atoms with Gasteiger partial charge in [-0.05, 0) is 31.9 Å². The van der Waals surface area contributed by atoms with Crippen molar-refractivity contribution in [1.82, 2.24) is 19.7 Å². The van der Waals surface area contributed by atoms with Crippen LogP contribution in [-0.4, -0.2) is 45.4 Å². The van der Waals surface area contributed by atoms with Gasteiger partial charge in [0.15, 0.2) is 0 Å². The van der Waals surface area contributed by atoms with Crippen LogP contribution in [0, 0.1) is 12.7 Å². The van der Waals surface area contributed by atoms with Crippen LogP contribution in [0.1, 0.15) is 18.7 Å². The molecule has 6 heteroatoms. The van der Waals surface area contributed by atoms with Crippen LogP contribution in [0.3, 0.4) is 0 Å². The number of likely N-dealkylation sites (tertiary alicyclic amines) is 1. The summed E-state index contributed by atoms with van der Waals surface area (Å²) in [6, 6.07) is 6.37. The minimum Gasteiger partial charge on any atom is -0.490 e. The summed E-state index contributed by atoms with van der Waals surface area (Å²) in [4.78, 5) is 2.42. The third kappa shape index (κ3) is 3.82. The topological polar surface area (TPSA) is 43.2 Å². The molecule has 0 saturated carbocycles. The molecular formula is C16H21FN4O. The summed E-state index contributed by atoms with van der Waals surface area (Å²) in [5.41, 5.74) is 0. The summed E-state index contributed by atoms with van der Waals surface area (Å²) in [7, 11) is 0. The number of hydrogen-bond acceptors (Lipinski definition) is 4. The van der Waals surface area contributed by atoms with Gasteiger partial charge >= 0.3 is 0 Å². The SMILES string of the molecule is Cc1nncn1CCN1CCC(Oc2cccc(F)c2)CC1. The predicted octanol–water partition coefficient (Wildman–Crippen LogP) is 2.27. The number of aromatic nitrogens is 3. The van der Waals surface area contributed by atoms with E-state index in [-0.39, 0.29) is 11.9 Å². The van der Waals surface area contributed by atoms with Gasteiger partial charge in [0, 0.05) is 32.2 Å². The molecule has 1 saturated heterocycles. The fraction of sp³-hybridized carbons (Fsp3) is 0.500. The van der Waals surface area contributed by atoms with Crippen molar-refractivity contribution >= 4 is 0 Å². The molecule has 0 bridgehead atoms. The second-order valence-corrected chi connectivity index (χ2v) is 5.69. The maximum absolute atomic E-state index is 13.2. The molecule has 0 spiro atoms. The maximum atomic E-state index is 13.2. The van der Waals surface area contributed by atoms with Crippen LogP contribution in [0.5, 0.6) is 5.75 Å². The first-order valence-electron chi connectivity index (χ1n) is 7.70. The number of benzene rings is 1. The van der Waals surface area contributed by atoms with Gasteiger partial charge in [-0.15, -0.1) is 10.2 Å². The van der Waals surface area contributed by atoms with Gasteiger partial charge in [-0.2, -0.15) is 0 Å². The fourth-order valence-corrected chi connectivity index (χ4v) is 2.76. The van der Waals surface area contributed by atoms with Crippen LogP contribution in [0.25, 0.3) is 0 Å². The average Bonchev–Trinajstić information content (AvgIpc) is 2.92. The number of rotatable bonds is 5. The van der Waals surface area contributed by atoms with E-state index in [2.05, 4.69) is 19.7 Å². The first-order valence-corrected chi connectivity index (χ1v) is 7.70. The normalized spacial score (nSPS) is 16.8. The molecule has 118 valence electrons. The Hall–Kier alpha value is -1.95. The Labute approximate surface area is 129 Å². The Bertz CT molecular complexity index is 608. The number of halogens is 1. The van der Waals surface area contributed by atoms with Gasteiger partial charge in [-0.1, -0.05) is 6.07 Å². The minimum atomic E-state index is -0.251. The van der Waals surface area contributed by atoms with Crippen molar-refractivity contribution in [3.8, 4) is 5.75 Å². The first-order chi connectivity index (χ1) is 10.7. The van der Waals surface area contributed by atoms with Gasteiger partial charge in [0.25, 0.3) is 0 Å². The third-order valence-electron chi connectivity index (χ3n) is 4.10. The lowest BCUT2D eigenvalue weighted by atomic mass is 10.1. The van der Waals surface area contributed by atoms with E-state index in [1.165, 1.54) is 12.1 Å². The quantitative estimate of drug-likeness (QED) is 0.850. The van der Waals surface area contributed by atoms with E-state index in [9.17, 15) is 4.39 Å². The molecule has 0 radical (unpaired) electrons. The molecule has 1 aromatic heterocycles. The Balaban J connectivity index is 1.43. The van der Waals surface area contributed by atoms with E-state index in [1.807, 2.05) is 13.0 Å². The Morgan fingerprint density at radius 3 is 2.77 bits per heavy atom. The van der Waals surface area contributed by atoms with Gasteiger partial charge in [0.1, 0.15) is 29.8 Å². The molecule has 2 heterocycles. The lowest BCUT2D eigenvalue weighted by molar-refractivity contribution is 0.0982. The molecule has 0 amide bonds. The van der Waals surface area contributed by atoms with Gasteiger partial charge in [0.05, 0.1) is 0 Å². The molecule has 0 N–H and O–H groups in total. The summed E-state index contributed by atoms with van der Waals surface area (Å²) in [5, 5.41) is 7.89. The average molecular weight is 304 g/mol. The van der Waals surface area contributed by atoms with Crippen molar-refractivity contribution in [2.24, 2.45) is 0 Å². The molecule has 3 rings (SSSR count). The van der Waals surface area contributed by atoms with Crippen LogP contribution >= 0.6 is 0 Å². The molecule has 1 aromatic carbocycles. The lowest BCUT2D eigenvalue weighted by Gasteiger charge is -2.32. The Kier molecular flexibility index (Phi) is 4.68. The molecule has 1 aliphatic rings. The fourth-order valence-electron chi connectivity index (χ4n) is 2.76. The van der Waals surface area contributed by atoms with Crippen LogP contribution in [0.4, 0.5) is 4.39 Å². The maximum Gasteiger partial charge on any atom is 0.129 e. The Morgan fingerprint density at radius 1 is 1.27 bits per heavy atom. The van der Waals surface area contributed by atoms with Crippen molar-refractivity contribution < 1.29 is 9.13 Å². The highest BCUT2D eigenvalue weighted by molar-refractivity contribution is 5.22. The second kappa shape index (κ2) is 6.87. The molecule has 22 heavy (non-hydrogen) atoms. The highest BCUT2D eigenvalue weighted by atomic mass is 19.1. The Morgan fingerprint density at radius 2 is 2.09 bits per heavy atom. The van der Waals surface area contributed by atoms with Crippen LogP contribution in [0.15, 0.2) is 30.6 Å². The summed E-state index contributed by atoms with van der Waals surface area (Å²) in [6.07, 6.45) is 3.89. The van der Waals surface area contributed by atoms with Crippen LogP contribution in [-0.2, 0) is 6.54 Å². The predicted molar refractivity (Wildman–Crippen MR) is 81.2 cm³/mol. The van der Waals surface area contributed by atoms with Crippen molar-refractivity contribution in [1.29, 1.82) is 0 Å². The summed E-state index contributed by atoms with van der Waals surface area (Å²) < 4.78 is 21.1. The lowest BCUT2D eigenvalue weighted by Crippen LogP contribution is -2.39. The summed E-state index contributed by atoms with van der Waals surface area (Å²) >= 11 is 0. The number of hydrogen-bond donors (Lipinski definition) is 0. The number of aryl methyl sites for hydroxylation is 1. The van der Waals surface area contributed by atoms with E-state index in [0.717, 1.165) is 44.8 Å². The summed E-state index contributed by atoms with van der Waals surface area (Å²) in [6.45, 7) is 5.87. The molecule has 0 aliphatic carbocycles. The number of nitrogens with zero attached hydrogens (tertiary/aromatic N) is 4. The van der Waals surface area contributed by atoms with Gasteiger partial charge in [-0.3, -0.25) is 0 Å². The smallest absolute Gasteiger partial charge is 0.129 e. The molecule has 1 fully saturated rings. The molecular weight excluding hydrogens is 283 g/mol. The first kappa shape index (κ1) is 15.0. The van der Waals surface area contributed by atoms with Crippen molar-refractivity contribution in [3.05, 3.63) is 42.2 Å². The zero-order chi connectivity index (χ0) is 15.4. The molecule has 5 nitrogen and oxygen atoms in total. The van der Waals surface area contributed by atoms with Gasteiger partial charge in [-0.25, -0.2) is 4.39 Å². The highest BCUT2D eigenvalue weighted by Gasteiger charge is 2.20. The van der Waals surface area contributed by atoms with Gasteiger partial charge in [0.2, 0.25) is 0 Å². The molecule has 0 atom stereocenters. The third-order valence-corrected chi connectivity index (χ3v) is 4.10. The van der Waals surface area contributed by atoms with Crippen LogP contribution < -0.4 is 4.74 Å². The molecule has 2 aromatic rings. The van der Waals surface area contributed by atoms with Crippen molar-refractivity contribution in [3.63, 3.8) is 0 Å². The monoisotopic (exact) mass is 304 g/mol. The number of piperidine rings is 1. The molecule has 1 aliphatic heterocycles. The van der Waals surface area contributed by atoms with E-state index < -0.39 is 0 Å². The minimum absolute atomic E-state index is 0.176. The second-order valence-electron chi connectivity index (χ2n) is 5.69. The van der Waals surface area contributed by atoms with E-state index in [0.29, 0.717) is 5.75 Å². The van der Waals surface area contributed by atoms with E-state index >= 15 is 0 Å². The largest absolute Gasteiger partial charge is 0.490 e. The highest BCUT2D eigenvalue weighted by Crippen LogP contribution is 2.19. The standard InChI is InChI=1S/C16H21FN4O/c1-13-19-18-12-21(13)10-9-20-7-5-15(6-8-20)22-16-4-2-3-14(17)11-16/h2-4,11-12,15H,5-10H2,1H3.